The molecule has 0 fully saturated rings. The van der Waals surface area contributed by atoms with Crippen LogP contribution in [0.25, 0.3) is 100 Å². The van der Waals surface area contributed by atoms with Crippen molar-refractivity contribution in [2.75, 3.05) is 0 Å². The van der Waals surface area contributed by atoms with Crippen molar-refractivity contribution in [1.82, 2.24) is 29.9 Å². The zero-order chi connectivity index (χ0) is 36.7. The molecule has 55 heavy (non-hydrogen) atoms. The highest BCUT2D eigenvalue weighted by atomic mass is 14.9. The summed E-state index contributed by atoms with van der Waals surface area (Å²) < 4.78 is 0. The summed E-state index contributed by atoms with van der Waals surface area (Å²) >= 11 is 0. The van der Waals surface area contributed by atoms with Gasteiger partial charge in [-0.05, 0) is 66.6 Å². The Morgan fingerprint density at radius 1 is 0.382 bits per heavy atom. The molecule has 0 saturated heterocycles. The summed E-state index contributed by atoms with van der Waals surface area (Å²) in [6.45, 7) is 2.13. The van der Waals surface area contributed by atoms with Crippen LogP contribution in [0.4, 0.5) is 0 Å². The summed E-state index contributed by atoms with van der Waals surface area (Å²) in [7, 11) is 0. The molecular formula is C49H32N6. The number of rotatable bonds is 6. The van der Waals surface area contributed by atoms with Gasteiger partial charge in [0.1, 0.15) is 0 Å². The van der Waals surface area contributed by atoms with Crippen LogP contribution >= 0.6 is 0 Å². The molecule has 0 aliphatic heterocycles. The Morgan fingerprint density at radius 3 is 1.85 bits per heavy atom. The maximum absolute atomic E-state index is 5.27. The Balaban J connectivity index is 1.10. The smallest absolute Gasteiger partial charge is 0.160 e. The van der Waals surface area contributed by atoms with Gasteiger partial charge in [-0.2, -0.15) is 0 Å². The predicted molar refractivity (Wildman–Crippen MR) is 223 cm³/mol. The zero-order valence-corrected chi connectivity index (χ0v) is 29.9. The number of aromatic nitrogens is 6. The second-order valence-corrected chi connectivity index (χ2v) is 13.7. The van der Waals surface area contributed by atoms with Gasteiger partial charge in [-0.1, -0.05) is 109 Å². The van der Waals surface area contributed by atoms with E-state index in [9.17, 15) is 0 Å². The third-order valence-corrected chi connectivity index (χ3v) is 10.1. The van der Waals surface area contributed by atoms with Crippen molar-refractivity contribution in [1.29, 1.82) is 0 Å². The van der Waals surface area contributed by atoms with E-state index in [0.29, 0.717) is 5.82 Å². The minimum atomic E-state index is 0.640. The molecule has 5 aromatic carbocycles. The Labute approximate surface area is 318 Å². The van der Waals surface area contributed by atoms with Crippen LogP contribution in [0, 0.1) is 6.92 Å². The molecule has 258 valence electrons. The molecule has 0 amide bonds. The van der Waals surface area contributed by atoms with Gasteiger partial charge in [-0.25, -0.2) is 19.9 Å². The zero-order valence-electron chi connectivity index (χ0n) is 29.9. The Hall–Kier alpha value is -7.44. The Bertz CT molecular complexity index is 3050. The van der Waals surface area contributed by atoms with E-state index < -0.39 is 0 Å². The van der Waals surface area contributed by atoms with Crippen molar-refractivity contribution in [3.05, 3.63) is 182 Å². The molecule has 6 nitrogen and oxygen atoms in total. The SMILES string of the molecule is Cc1cc(-c2cccc(-c3nc(-c4ccccc4)cc(-c4cccc(-c5cccc6cccnc56)c4)n3)c2)nc2c1ccc1ccc(-c3cccnc3)nc12. The number of hydrogen-bond donors (Lipinski definition) is 0. The summed E-state index contributed by atoms with van der Waals surface area (Å²) in [6, 6.07) is 54.1. The van der Waals surface area contributed by atoms with Gasteiger partial charge in [0, 0.05) is 68.1 Å². The molecule has 0 atom stereocenters. The lowest BCUT2D eigenvalue weighted by atomic mass is 9.98. The fourth-order valence-corrected chi connectivity index (χ4v) is 7.35. The van der Waals surface area contributed by atoms with Crippen LogP contribution in [0.1, 0.15) is 5.56 Å². The van der Waals surface area contributed by atoms with Crippen molar-refractivity contribution < 1.29 is 0 Å². The lowest BCUT2D eigenvalue weighted by Gasteiger charge is -2.13. The van der Waals surface area contributed by atoms with Crippen LogP contribution in [0.3, 0.4) is 0 Å². The van der Waals surface area contributed by atoms with E-state index in [1.54, 1.807) is 6.20 Å². The average Bonchev–Trinajstić information content (AvgIpc) is 3.26. The van der Waals surface area contributed by atoms with Crippen molar-refractivity contribution in [3.63, 3.8) is 0 Å². The second kappa shape index (κ2) is 13.5. The van der Waals surface area contributed by atoms with Crippen LogP contribution in [0.2, 0.25) is 0 Å². The maximum atomic E-state index is 5.27. The molecule has 0 spiro atoms. The molecule has 0 bridgehead atoms. The van der Waals surface area contributed by atoms with E-state index >= 15 is 0 Å². The molecule has 10 aromatic rings. The van der Waals surface area contributed by atoms with Crippen molar-refractivity contribution in [2.45, 2.75) is 6.92 Å². The molecule has 5 heterocycles. The quantitative estimate of drug-likeness (QED) is 0.160. The third-order valence-electron chi connectivity index (χ3n) is 10.1. The summed E-state index contributed by atoms with van der Waals surface area (Å²) in [4.78, 5) is 29.8. The highest BCUT2D eigenvalue weighted by Gasteiger charge is 2.15. The third kappa shape index (κ3) is 6.06. The summed E-state index contributed by atoms with van der Waals surface area (Å²) in [5.41, 5.74) is 14.3. The molecular weight excluding hydrogens is 673 g/mol. The number of para-hydroxylation sites is 1. The number of hydrogen-bond acceptors (Lipinski definition) is 6. The number of benzene rings is 5. The number of pyridine rings is 4. The van der Waals surface area contributed by atoms with Gasteiger partial charge in [0.2, 0.25) is 0 Å². The van der Waals surface area contributed by atoms with Crippen molar-refractivity contribution in [2.24, 2.45) is 0 Å². The lowest BCUT2D eigenvalue weighted by molar-refractivity contribution is 1.18. The highest BCUT2D eigenvalue weighted by Crippen LogP contribution is 2.35. The van der Waals surface area contributed by atoms with Crippen LogP contribution in [-0.4, -0.2) is 29.9 Å². The number of nitrogens with zero attached hydrogens (tertiary/aromatic N) is 6. The topological polar surface area (TPSA) is 77.3 Å². The monoisotopic (exact) mass is 704 g/mol. The van der Waals surface area contributed by atoms with Gasteiger partial charge < -0.3 is 0 Å². The standard InChI is InChI=1S/C49H32N6/c1-31-26-43(53-48-40(31)22-20-34-21-23-42(52-47(34)48)39-18-8-24-50-30-39)37-15-6-16-38(28-37)49-54-44(32-10-3-2-4-11-32)29-45(55-49)36-14-5-13-35(27-36)41-19-7-12-33-17-9-25-51-46(33)41/h2-30H,1H3. The predicted octanol–water partition coefficient (Wildman–Crippen LogP) is 11.8. The average molecular weight is 705 g/mol. The normalized spacial score (nSPS) is 11.4. The summed E-state index contributed by atoms with van der Waals surface area (Å²) in [5.74, 6) is 0.640. The molecule has 0 unspecified atom stereocenters. The molecule has 0 N–H and O–H groups in total. The van der Waals surface area contributed by atoms with E-state index in [0.717, 1.165) is 100.0 Å². The lowest BCUT2D eigenvalue weighted by Crippen LogP contribution is -1.97. The fraction of sp³-hybridized carbons (Fsp3) is 0.0204. The number of fused-ring (bicyclic) bond motifs is 4. The van der Waals surface area contributed by atoms with E-state index in [1.807, 2.05) is 54.9 Å². The Morgan fingerprint density at radius 2 is 1.02 bits per heavy atom. The summed E-state index contributed by atoms with van der Waals surface area (Å²) in [5, 5.41) is 3.22. The first-order valence-electron chi connectivity index (χ1n) is 18.3. The molecule has 0 saturated carbocycles. The molecule has 5 aromatic heterocycles. The first-order chi connectivity index (χ1) is 27.1. The minimum Gasteiger partial charge on any atom is -0.264 e. The minimum absolute atomic E-state index is 0.640. The van der Waals surface area contributed by atoms with Gasteiger partial charge in [-0.3, -0.25) is 9.97 Å². The first kappa shape index (κ1) is 32.2. The maximum Gasteiger partial charge on any atom is 0.160 e. The van der Waals surface area contributed by atoms with E-state index in [-0.39, 0.29) is 0 Å². The van der Waals surface area contributed by atoms with Gasteiger partial charge in [0.25, 0.3) is 0 Å². The highest BCUT2D eigenvalue weighted by molar-refractivity contribution is 6.05. The van der Waals surface area contributed by atoms with Crippen LogP contribution in [-0.2, 0) is 0 Å². The molecule has 10 rings (SSSR count). The van der Waals surface area contributed by atoms with Crippen LogP contribution < -0.4 is 0 Å². The van der Waals surface area contributed by atoms with E-state index in [1.165, 1.54) is 0 Å². The molecule has 0 aliphatic carbocycles. The van der Waals surface area contributed by atoms with E-state index in [2.05, 4.69) is 127 Å². The van der Waals surface area contributed by atoms with Gasteiger partial charge in [0.15, 0.2) is 5.82 Å². The van der Waals surface area contributed by atoms with E-state index in [4.69, 9.17) is 24.9 Å². The number of aryl methyl sites for hydroxylation is 1. The van der Waals surface area contributed by atoms with Gasteiger partial charge in [-0.15, -0.1) is 0 Å². The van der Waals surface area contributed by atoms with Crippen molar-refractivity contribution >= 4 is 32.7 Å². The summed E-state index contributed by atoms with van der Waals surface area (Å²) in [6.07, 6.45) is 5.46. The Kier molecular flexibility index (Phi) is 7.92. The fourth-order valence-electron chi connectivity index (χ4n) is 7.35. The second-order valence-electron chi connectivity index (χ2n) is 13.7. The molecule has 6 heteroatoms. The molecule has 0 radical (unpaired) electrons. The first-order valence-corrected chi connectivity index (χ1v) is 18.3. The van der Waals surface area contributed by atoms with Gasteiger partial charge in [0.05, 0.1) is 39.3 Å². The van der Waals surface area contributed by atoms with Crippen LogP contribution in [0.5, 0.6) is 0 Å². The van der Waals surface area contributed by atoms with Crippen molar-refractivity contribution in [3.8, 4) is 67.5 Å². The largest absolute Gasteiger partial charge is 0.264 e. The van der Waals surface area contributed by atoms with Gasteiger partial charge >= 0.3 is 0 Å². The van der Waals surface area contributed by atoms with Crippen LogP contribution in [0.15, 0.2) is 176 Å². The molecule has 0 aliphatic rings.